The molecule has 0 saturated carbocycles. The molecule has 1 heterocycles. The number of rotatable bonds is 6. The lowest BCUT2D eigenvalue weighted by Gasteiger charge is -2.23. The first-order chi connectivity index (χ1) is 7.90. The van der Waals surface area contributed by atoms with Crippen LogP contribution in [0.2, 0.25) is 0 Å². The molecule has 0 atom stereocenters. The van der Waals surface area contributed by atoms with Crippen molar-refractivity contribution in [3.63, 3.8) is 0 Å². The molecule has 1 amide bonds. The van der Waals surface area contributed by atoms with Gasteiger partial charge in [0.25, 0.3) is 0 Å². The first-order valence-corrected chi connectivity index (χ1v) is 5.24. The SMILES string of the molecule is CC(C)N(CC(N)=O)Cc1ccc(C(=O)O)o1. The van der Waals surface area contributed by atoms with Crippen molar-refractivity contribution in [2.45, 2.75) is 26.4 Å². The van der Waals surface area contributed by atoms with Crippen molar-refractivity contribution in [2.24, 2.45) is 5.73 Å². The number of aromatic carboxylic acids is 1. The summed E-state index contributed by atoms with van der Waals surface area (Å²) in [4.78, 5) is 23.3. The van der Waals surface area contributed by atoms with Crippen LogP contribution in [0, 0.1) is 0 Å². The molecule has 0 fully saturated rings. The Morgan fingerprint density at radius 1 is 1.47 bits per heavy atom. The van der Waals surface area contributed by atoms with Crippen LogP contribution >= 0.6 is 0 Å². The molecular weight excluding hydrogens is 224 g/mol. The van der Waals surface area contributed by atoms with Crippen molar-refractivity contribution in [3.05, 3.63) is 23.7 Å². The molecule has 0 aliphatic carbocycles. The fraction of sp³-hybridized carbons (Fsp3) is 0.455. The van der Waals surface area contributed by atoms with E-state index in [1.54, 1.807) is 11.0 Å². The van der Waals surface area contributed by atoms with Crippen LogP contribution in [0.25, 0.3) is 0 Å². The molecule has 0 bridgehead atoms. The molecular formula is C11H16N2O4. The maximum Gasteiger partial charge on any atom is 0.371 e. The minimum Gasteiger partial charge on any atom is -0.475 e. The molecule has 3 N–H and O–H groups in total. The number of nitrogens with zero attached hydrogens (tertiary/aromatic N) is 1. The molecule has 0 spiro atoms. The van der Waals surface area contributed by atoms with Gasteiger partial charge in [-0.2, -0.15) is 0 Å². The second kappa shape index (κ2) is 5.49. The predicted molar refractivity (Wildman–Crippen MR) is 60.4 cm³/mol. The Hall–Kier alpha value is -1.82. The summed E-state index contributed by atoms with van der Waals surface area (Å²) in [6.45, 7) is 4.31. The maximum atomic E-state index is 10.9. The third kappa shape index (κ3) is 3.92. The molecule has 0 unspecified atom stereocenters. The first kappa shape index (κ1) is 13.2. The Kier molecular flexibility index (Phi) is 4.28. The molecule has 6 heteroatoms. The van der Waals surface area contributed by atoms with E-state index in [1.165, 1.54) is 6.07 Å². The predicted octanol–water partition coefficient (Wildman–Crippen LogP) is 0.674. The number of furan rings is 1. The Morgan fingerprint density at radius 2 is 2.12 bits per heavy atom. The smallest absolute Gasteiger partial charge is 0.371 e. The van der Waals surface area contributed by atoms with Crippen molar-refractivity contribution in [1.82, 2.24) is 4.90 Å². The van der Waals surface area contributed by atoms with Gasteiger partial charge in [0.1, 0.15) is 5.76 Å². The van der Waals surface area contributed by atoms with E-state index in [0.717, 1.165) is 0 Å². The molecule has 0 aliphatic rings. The molecule has 17 heavy (non-hydrogen) atoms. The minimum atomic E-state index is -1.11. The summed E-state index contributed by atoms with van der Waals surface area (Å²) in [7, 11) is 0. The topological polar surface area (TPSA) is 96.8 Å². The normalized spacial score (nSPS) is 11.1. The highest BCUT2D eigenvalue weighted by atomic mass is 16.4. The van der Waals surface area contributed by atoms with E-state index < -0.39 is 11.9 Å². The standard InChI is InChI=1S/C11H16N2O4/c1-7(2)13(6-10(12)14)5-8-3-4-9(17-8)11(15)16/h3-4,7H,5-6H2,1-2H3,(H2,12,14)(H,15,16). The molecule has 1 aromatic heterocycles. The molecule has 1 aromatic rings. The zero-order valence-electron chi connectivity index (χ0n) is 9.84. The fourth-order valence-corrected chi connectivity index (χ4v) is 1.40. The number of carboxylic acids is 1. The zero-order chi connectivity index (χ0) is 13.0. The summed E-state index contributed by atoms with van der Waals surface area (Å²) in [6.07, 6.45) is 0. The van der Waals surface area contributed by atoms with Gasteiger partial charge in [0.05, 0.1) is 13.1 Å². The van der Waals surface area contributed by atoms with Gasteiger partial charge in [-0.25, -0.2) is 4.79 Å². The summed E-state index contributed by atoms with van der Waals surface area (Å²) >= 11 is 0. The highest BCUT2D eigenvalue weighted by molar-refractivity contribution is 5.84. The third-order valence-electron chi connectivity index (χ3n) is 2.32. The summed E-state index contributed by atoms with van der Waals surface area (Å²) in [5, 5.41) is 8.71. The highest BCUT2D eigenvalue weighted by Gasteiger charge is 2.16. The average Bonchev–Trinajstić information content (AvgIpc) is 2.64. The molecule has 6 nitrogen and oxygen atoms in total. The average molecular weight is 240 g/mol. The van der Waals surface area contributed by atoms with Gasteiger partial charge in [-0.3, -0.25) is 9.69 Å². The number of carboxylic acid groups (broad SMARTS) is 1. The minimum absolute atomic E-state index is 0.109. The number of carbonyl (C=O) groups is 2. The molecule has 1 rings (SSSR count). The van der Waals surface area contributed by atoms with Crippen LogP contribution in [-0.2, 0) is 11.3 Å². The molecule has 0 aliphatic heterocycles. The van der Waals surface area contributed by atoms with Crippen molar-refractivity contribution in [1.29, 1.82) is 0 Å². The largest absolute Gasteiger partial charge is 0.475 e. The van der Waals surface area contributed by atoms with E-state index in [9.17, 15) is 9.59 Å². The van der Waals surface area contributed by atoms with Crippen LogP contribution < -0.4 is 5.73 Å². The van der Waals surface area contributed by atoms with Crippen molar-refractivity contribution < 1.29 is 19.1 Å². The number of carbonyl (C=O) groups excluding carboxylic acids is 1. The summed E-state index contributed by atoms with van der Waals surface area (Å²) in [5.41, 5.74) is 5.13. The van der Waals surface area contributed by atoms with Crippen molar-refractivity contribution in [3.8, 4) is 0 Å². The summed E-state index contributed by atoms with van der Waals surface area (Å²) < 4.78 is 5.11. The van der Waals surface area contributed by atoms with Gasteiger partial charge in [0, 0.05) is 6.04 Å². The summed E-state index contributed by atoms with van der Waals surface area (Å²) in [5.74, 6) is -1.15. The first-order valence-electron chi connectivity index (χ1n) is 5.24. The van der Waals surface area contributed by atoms with Gasteiger partial charge in [0.15, 0.2) is 0 Å². The molecule has 94 valence electrons. The number of hydrogen-bond acceptors (Lipinski definition) is 4. The van der Waals surface area contributed by atoms with Gasteiger partial charge in [-0.1, -0.05) is 0 Å². The van der Waals surface area contributed by atoms with Gasteiger partial charge in [-0.15, -0.1) is 0 Å². The van der Waals surface area contributed by atoms with Crippen molar-refractivity contribution >= 4 is 11.9 Å². The number of amides is 1. The van der Waals surface area contributed by atoms with Crippen LogP contribution in [0.3, 0.4) is 0 Å². The Balaban J connectivity index is 2.71. The van der Waals surface area contributed by atoms with Gasteiger partial charge in [0.2, 0.25) is 11.7 Å². The van der Waals surface area contributed by atoms with Crippen molar-refractivity contribution in [2.75, 3.05) is 6.54 Å². The van der Waals surface area contributed by atoms with E-state index in [1.807, 2.05) is 13.8 Å². The highest BCUT2D eigenvalue weighted by Crippen LogP contribution is 2.12. The maximum absolute atomic E-state index is 10.9. The second-order valence-corrected chi connectivity index (χ2v) is 4.04. The molecule has 0 radical (unpaired) electrons. The Morgan fingerprint density at radius 3 is 2.53 bits per heavy atom. The molecule has 0 aromatic carbocycles. The van der Waals surface area contributed by atoms with Gasteiger partial charge < -0.3 is 15.3 Å². The number of primary amides is 1. The monoisotopic (exact) mass is 240 g/mol. The second-order valence-electron chi connectivity index (χ2n) is 4.04. The van der Waals surface area contributed by atoms with E-state index in [2.05, 4.69) is 0 Å². The molecule has 0 saturated heterocycles. The van der Waals surface area contributed by atoms with E-state index in [0.29, 0.717) is 12.3 Å². The quantitative estimate of drug-likeness (QED) is 0.761. The van der Waals surface area contributed by atoms with Gasteiger partial charge in [-0.05, 0) is 26.0 Å². The van der Waals surface area contributed by atoms with E-state index >= 15 is 0 Å². The van der Waals surface area contributed by atoms with Crippen LogP contribution in [0.15, 0.2) is 16.5 Å². The van der Waals surface area contributed by atoms with Crippen LogP contribution in [-0.4, -0.2) is 34.5 Å². The third-order valence-corrected chi connectivity index (χ3v) is 2.32. The zero-order valence-corrected chi connectivity index (χ0v) is 9.84. The number of nitrogens with two attached hydrogens (primary N) is 1. The lowest BCUT2D eigenvalue weighted by molar-refractivity contribution is -0.119. The van der Waals surface area contributed by atoms with E-state index in [4.69, 9.17) is 15.3 Å². The van der Waals surface area contributed by atoms with Gasteiger partial charge >= 0.3 is 5.97 Å². The summed E-state index contributed by atoms with van der Waals surface area (Å²) in [6, 6.07) is 3.08. The lowest BCUT2D eigenvalue weighted by atomic mass is 10.3. The lowest BCUT2D eigenvalue weighted by Crippen LogP contribution is -2.37. The van der Waals surface area contributed by atoms with Crippen LogP contribution in [0.5, 0.6) is 0 Å². The fourth-order valence-electron chi connectivity index (χ4n) is 1.40. The van der Waals surface area contributed by atoms with Crippen LogP contribution in [0.1, 0.15) is 30.2 Å². The number of hydrogen-bond donors (Lipinski definition) is 2. The van der Waals surface area contributed by atoms with E-state index in [-0.39, 0.29) is 18.3 Å². The Bertz CT molecular complexity index is 411. The van der Waals surface area contributed by atoms with Crippen LogP contribution in [0.4, 0.5) is 0 Å². The Labute approximate surface area is 99.0 Å².